The lowest BCUT2D eigenvalue weighted by atomic mass is 9.99. The molecule has 0 aliphatic carbocycles. The number of nitrogens with zero attached hydrogens (tertiary/aromatic N) is 2. The second-order valence-electron chi connectivity index (χ2n) is 3.61. The van der Waals surface area contributed by atoms with E-state index in [4.69, 9.17) is 4.74 Å². The molecule has 6 heteroatoms. The molecule has 0 aliphatic rings. The van der Waals surface area contributed by atoms with Crippen LogP contribution in [0.25, 0.3) is 0 Å². The molecule has 2 rings (SSSR count). The van der Waals surface area contributed by atoms with E-state index in [0.29, 0.717) is 12.4 Å². The molecule has 0 radical (unpaired) electrons. The summed E-state index contributed by atoms with van der Waals surface area (Å²) in [6.07, 6.45) is 1.37. The summed E-state index contributed by atoms with van der Waals surface area (Å²) in [5.41, 5.74) is 0.805. The number of H-pyrrole nitrogens is 1. The third-order valence-corrected chi connectivity index (χ3v) is 2.90. The summed E-state index contributed by atoms with van der Waals surface area (Å²) in [6, 6.07) is 7.48. The zero-order valence-electron chi connectivity index (χ0n) is 9.76. The van der Waals surface area contributed by atoms with Crippen molar-refractivity contribution in [3.8, 4) is 0 Å². The molecule has 1 heterocycles. The fraction of sp³-hybridized carbons (Fsp3) is 0.250. The first-order valence-electron chi connectivity index (χ1n) is 5.49. The normalized spacial score (nSPS) is 12.1. The number of carbonyl (C=O) groups excluding carboxylic acids is 1. The summed E-state index contributed by atoms with van der Waals surface area (Å²) < 4.78 is 5.98. The molecule has 18 heavy (non-hydrogen) atoms. The molecule has 94 valence electrons. The summed E-state index contributed by atoms with van der Waals surface area (Å²) in [4.78, 5) is 16.1. The monoisotopic (exact) mass is 309 g/mol. The van der Waals surface area contributed by atoms with Gasteiger partial charge in [-0.15, -0.1) is 0 Å². The Morgan fingerprint density at radius 2 is 2.39 bits per heavy atom. The van der Waals surface area contributed by atoms with Crippen LogP contribution in [-0.2, 0) is 9.53 Å². The highest BCUT2D eigenvalue weighted by atomic mass is 79.9. The Labute approximate surface area is 113 Å². The van der Waals surface area contributed by atoms with E-state index in [1.165, 1.54) is 6.33 Å². The molecule has 2 aromatic rings. The van der Waals surface area contributed by atoms with Gasteiger partial charge in [-0.05, 0) is 24.6 Å². The predicted molar refractivity (Wildman–Crippen MR) is 69.0 cm³/mol. The van der Waals surface area contributed by atoms with Gasteiger partial charge in [0.25, 0.3) is 0 Å². The van der Waals surface area contributed by atoms with Crippen LogP contribution >= 0.6 is 15.9 Å². The van der Waals surface area contributed by atoms with E-state index in [0.717, 1.165) is 10.0 Å². The standard InChI is InChI=1S/C12H12BrN3O2/c1-2-18-12(17)10(11-14-7-15-16-11)8-4-3-5-9(13)6-8/h3-7,10H,2H2,1H3,(H,14,15,16). The van der Waals surface area contributed by atoms with Crippen molar-refractivity contribution in [2.24, 2.45) is 0 Å². The van der Waals surface area contributed by atoms with Gasteiger partial charge < -0.3 is 4.74 Å². The van der Waals surface area contributed by atoms with Gasteiger partial charge in [-0.1, -0.05) is 28.1 Å². The highest BCUT2D eigenvalue weighted by Gasteiger charge is 2.26. The van der Waals surface area contributed by atoms with Crippen LogP contribution in [0.2, 0.25) is 0 Å². The molecule has 5 nitrogen and oxygen atoms in total. The van der Waals surface area contributed by atoms with E-state index in [2.05, 4.69) is 31.1 Å². The molecular weight excluding hydrogens is 298 g/mol. The lowest BCUT2D eigenvalue weighted by molar-refractivity contribution is -0.144. The number of rotatable bonds is 4. The number of hydrogen-bond donors (Lipinski definition) is 1. The van der Waals surface area contributed by atoms with Gasteiger partial charge in [0.05, 0.1) is 6.61 Å². The zero-order chi connectivity index (χ0) is 13.0. The molecule has 1 unspecified atom stereocenters. The van der Waals surface area contributed by atoms with Gasteiger partial charge in [-0.3, -0.25) is 9.89 Å². The van der Waals surface area contributed by atoms with Crippen LogP contribution in [0.3, 0.4) is 0 Å². The Morgan fingerprint density at radius 3 is 3.00 bits per heavy atom. The number of hydrogen-bond acceptors (Lipinski definition) is 4. The van der Waals surface area contributed by atoms with Crippen molar-refractivity contribution >= 4 is 21.9 Å². The minimum Gasteiger partial charge on any atom is -0.465 e. The van der Waals surface area contributed by atoms with Gasteiger partial charge >= 0.3 is 5.97 Å². The molecule has 0 spiro atoms. The quantitative estimate of drug-likeness (QED) is 0.880. The average Bonchev–Trinajstić information content (AvgIpc) is 2.83. The van der Waals surface area contributed by atoms with Crippen LogP contribution in [0.5, 0.6) is 0 Å². The smallest absolute Gasteiger partial charge is 0.321 e. The first-order valence-corrected chi connectivity index (χ1v) is 6.29. The average molecular weight is 310 g/mol. The third-order valence-electron chi connectivity index (χ3n) is 2.41. The van der Waals surface area contributed by atoms with Crippen LogP contribution in [0.4, 0.5) is 0 Å². The number of nitrogens with one attached hydrogen (secondary N) is 1. The third kappa shape index (κ3) is 2.76. The molecule has 0 saturated carbocycles. The summed E-state index contributed by atoms with van der Waals surface area (Å²) in [6.45, 7) is 2.10. The van der Waals surface area contributed by atoms with Crippen molar-refractivity contribution in [2.75, 3.05) is 6.61 Å². The molecule has 0 fully saturated rings. The molecule has 1 atom stereocenters. The molecule has 0 aliphatic heterocycles. The summed E-state index contributed by atoms with van der Waals surface area (Å²) >= 11 is 3.38. The van der Waals surface area contributed by atoms with E-state index < -0.39 is 5.92 Å². The van der Waals surface area contributed by atoms with Crippen molar-refractivity contribution in [1.29, 1.82) is 0 Å². The summed E-state index contributed by atoms with van der Waals surface area (Å²) in [7, 11) is 0. The number of halogens is 1. The maximum atomic E-state index is 12.0. The molecule has 0 saturated heterocycles. The number of ether oxygens (including phenoxy) is 1. The summed E-state index contributed by atoms with van der Waals surface area (Å²) in [5, 5.41) is 6.50. The molecule has 0 amide bonds. The maximum Gasteiger partial charge on any atom is 0.321 e. The fourth-order valence-electron chi connectivity index (χ4n) is 1.67. The van der Waals surface area contributed by atoms with Crippen molar-refractivity contribution in [2.45, 2.75) is 12.8 Å². The SMILES string of the molecule is CCOC(=O)C(c1cccc(Br)c1)c1ncn[nH]1. The molecule has 1 aromatic heterocycles. The molecule has 1 aromatic carbocycles. The minimum absolute atomic E-state index is 0.331. The summed E-state index contributed by atoms with van der Waals surface area (Å²) in [5.74, 6) is -0.441. The van der Waals surface area contributed by atoms with E-state index in [1.54, 1.807) is 6.92 Å². The van der Waals surface area contributed by atoms with Crippen LogP contribution in [-0.4, -0.2) is 27.8 Å². The first-order chi connectivity index (χ1) is 8.72. The number of aromatic amines is 1. The van der Waals surface area contributed by atoms with Crippen LogP contribution < -0.4 is 0 Å². The molecule has 1 N–H and O–H groups in total. The Bertz CT molecular complexity index is 528. The van der Waals surface area contributed by atoms with Gasteiger partial charge in [-0.25, -0.2) is 4.98 Å². The number of esters is 1. The Morgan fingerprint density at radius 1 is 1.56 bits per heavy atom. The maximum absolute atomic E-state index is 12.0. The van der Waals surface area contributed by atoms with Gasteiger partial charge in [0.1, 0.15) is 18.1 Å². The fourth-order valence-corrected chi connectivity index (χ4v) is 2.09. The van der Waals surface area contributed by atoms with Crippen molar-refractivity contribution < 1.29 is 9.53 Å². The lowest BCUT2D eigenvalue weighted by Gasteiger charge is -2.13. The van der Waals surface area contributed by atoms with Crippen molar-refractivity contribution in [1.82, 2.24) is 15.2 Å². The topological polar surface area (TPSA) is 67.9 Å². The second kappa shape index (κ2) is 5.77. The van der Waals surface area contributed by atoms with Gasteiger partial charge in [0, 0.05) is 4.47 Å². The number of benzene rings is 1. The van der Waals surface area contributed by atoms with E-state index >= 15 is 0 Å². The Balaban J connectivity index is 2.39. The number of carbonyl (C=O) groups is 1. The lowest BCUT2D eigenvalue weighted by Crippen LogP contribution is -2.18. The highest BCUT2D eigenvalue weighted by molar-refractivity contribution is 9.10. The minimum atomic E-state index is -0.579. The van der Waals surface area contributed by atoms with E-state index in [1.807, 2.05) is 24.3 Å². The van der Waals surface area contributed by atoms with Crippen molar-refractivity contribution in [3.05, 3.63) is 46.5 Å². The zero-order valence-corrected chi connectivity index (χ0v) is 11.3. The number of aromatic nitrogens is 3. The van der Waals surface area contributed by atoms with E-state index in [9.17, 15) is 4.79 Å². The van der Waals surface area contributed by atoms with Gasteiger partial charge in [0.2, 0.25) is 0 Å². The van der Waals surface area contributed by atoms with Crippen LogP contribution in [0.1, 0.15) is 24.2 Å². The van der Waals surface area contributed by atoms with Crippen LogP contribution in [0, 0.1) is 0 Å². The Hall–Kier alpha value is -1.69. The Kier molecular flexibility index (Phi) is 4.09. The predicted octanol–water partition coefficient (Wildman–Crippen LogP) is 2.26. The van der Waals surface area contributed by atoms with Crippen molar-refractivity contribution in [3.63, 3.8) is 0 Å². The van der Waals surface area contributed by atoms with E-state index in [-0.39, 0.29) is 5.97 Å². The molecule has 0 bridgehead atoms. The first kappa shape index (κ1) is 12.8. The van der Waals surface area contributed by atoms with Gasteiger partial charge in [0.15, 0.2) is 0 Å². The van der Waals surface area contributed by atoms with Crippen LogP contribution in [0.15, 0.2) is 35.1 Å². The second-order valence-corrected chi connectivity index (χ2v) is 4.53. The molecular formula is C12H12BrN3O2. The highest BCUT2D eigenvalue weighted by Crippen LogP contribution is 2.25. The largest absolute Gasteiger partial charge is 0.465 e. The van der Waals surface area contributed by atoms with Gasteiger partial charge in [-0.2, -0.15) is 5.10 Å².